The number of aromatic amines is 1. The summed E-state index contributed by atoms with van der Waals surface area (Å²) in [7, 11) is 0. The van der Waals surface area contributed by atoms with Crippen molar-refractivity contribution >= 4 is 22.9 Å². The molecule has 2 fully saturated rings. The predicted octanol–water partition coefficient (Wildman–Crippen LogP) is 3.74. The van der Waals surface area contributed by atoms with Gasteiger partial charge in [-0.2, -0.15) is 5.26 Å². The molecule has 4 heterocycles. The van der Waals surface area contributed by atoms with Crippen molar-refractivity contribution in [2.75, 3.05) is 18.8 Å². The van der Waals surface area contributed by atoms with E-state index in [1.54, 1.807) is 12.4 Å². The molecule has 0 radical (unpaired) electrons. The number of likely N-dealkylation sites (tertiary alicyclic amines) is 1. The average molecular weight is 451 g/mol. The van der Waals surface area contributed by atoms with Gasteiger partial charge in [0.1, 0.15) is 18.0 Å². The van der Waals surface area contributed by atoms with Crippen LogP contribution in [0.25, 0.3) is 22.3 Å². The lowest BCUT2D eigenvalue weighted by molar-refractivity contribution is 0.200. The Labute approximate surface area is 191 Å². The van der Waals surface area contributed by atoms with Crippen molar-refractivity contribution in [3.63, 3.8) is 0 Å². The largest absolute Gasteiger partial charge is 0.381 e. The second-order valence-corrected chi connectivity index (χ2v) is 8.33. The number of nitrogens with zero attached hydrogens (tertiary/aromatic N) is 5. The van der Waals surface area contributed by atoms with E-state index >= 15 is 0 Å². The molecule has 0 unspecified atom stereocenters. The summed E-state index contributed by atoms with van der Waals surface area (Å²) < 4.78 is 13.3. The van der Waals surface area contributed by atoms with Crippen molar-refractivity contribution in [3.05, 3.63) is 36.2 Å². The van der Waals surface area contributed by atoms with Crippen LogP contribution in [-0.2, 0) is 0 Å². The first kappa shape index (κ1) is 22.5. The lowest BCUT2D eigenvalue weighted by Gasteiger charge is -2.25. The maximum atomic E-state index is 13.3. The zero-order chi connectivity index (χ0) is 23.2. The number of carbonyl (C=O) groups is 1. The summed E-state index contributed by atoms with van der Waals surface area (Å²) in [5.41, 5.74) is 7.09. The van der Waals surface area contributed by atoms with E-state index in [0.717, 1.165) is 19.2 Å². The summed E-state index contributed by atoms with van der Waals surface area (Å²) in [6.07, 6.45) is 13.3. The van der Waals surface area contributed by atoms with Crippen LogP contribution < -0.4 is 11.1 Å². The van der Waals surface area contributed by atoms with Crippen LogP contribution in [0.4, 0.5) is 15.0 Å². The highest BCUT2D eigenvalue weighted by molar-refractivity contribution is 5.93. The molecule has 33 heavy (non-hydrogen) atoms. The van der Waals surface area contributed by atoms with Crippen molar-refractivity contribution in [2.45, 2.75) is 51.0 Å². The van der Waals surface area contributed by atoms with Crippen molar-refractivity contribution in [1.82, 2.24) is 30.2 Å². The first-order valence-corrected chi connectivity index (χ1v) is 11.3. The molecule has 3 aromatic heterocycles. The fourth-order valence-corrected chi connectivity index (χ4v) is 4.28. The molecule has 4 N–H and O–H groups in total. The average Bonchev–Trinajstić information content (AvgIpc) is 3.52. The zero-order valence-corrected chi connectivity index (χ0v) is 18.4. The Bertz CT molecular complexity index is 1160. The first-order valence-electron chi connectivity index (χ1n) is 11.3. The number of fused-ring (bicyclic) bond motifs is 1. The van der Waals surface area contributed by atoms with Gasteiger partial charge in [0, 0.05) is 42.5 Å². The van der Waals surface area contributed by atoms with Gasteiger partial charge < -0.3 is 20.9 Å². The Morgan fingerprint density at radius 2 is 2.00 bits per heavy atom. The number of anilines is 1. The summed E-state index contributed by atoms with van der Waals surface area (Å²) in [5.74, 6) is -0.961. The molecule has 1 aliphatic heterocycles. The molecule has 0 atom stereocenters. The number of nitrogens with one attached hydrogen (secondary N) is 2. The number of hydrogen-bond donors (Lipinski definition) is 3. The molecule has 1 aliphatic carbocycles. The van der Waals surface area contributed by atoms with Gasteiger partial charge in [-0.1, -0.05) is 19.3 Å². The van der Waals surface area contributed by atoms with Crippen molar-refractivity contribution in [2.24, 2.45) is 0 Å². The van der Waals surface area contributed by atoms with Gasteiger partial charge in [0.2, 0.25) is 0 Å². The second-order valence-electron chi connectivity index (χ2n) is 8.33. The van der Waals surface area contributed by atoms with Crippen molar-refractivity contribution in [3.8, 4) is 17.3 Å². The molecular formula is C23H27FN8O. The molecule has 2 aliphatic rings. The molecule has 172 valence electrons. The molecule has 0 spiro atoms. The standard InChI is InChI=1S/C12H7FN6.C11H20N2O/c13-9-1-6(2-14)10(19-11(9)15)7-4-17-12-8(7)3-16-5-18-12;14-11(13-8-4-5-9-13)12-10-6-2-1-3-7-10/h1,3-5H,(H2,15,19)(H,16,17,18);10H,1-9H2,(H,12,14). The number of halogens is 1. The van der Waals surface area contributed by atoms with Crippen LogP contribution in [0.3, 0.4) is 0 Å². The second kappa shape index (κ2) is 10.3. The highest BCUT2D eigenvalue weighted by Gasteiger charge is 2.21. The summed E-state index contributed by atoms with van der Waals surface area (Å²) in [6.45, 7) is 1.91. The van der Waals surface area contributed by atoms with Crippen LogP contribution >= 0.6 is 0 Å². The van der Waals surface area contributed by atoms with E-state index in [-0.39, 0.29) is 17.4 Å². The number of rotatable bonds is 2. The fraction of sp³-hybridized carbons (Fsp3) is 0.435. The van der Waals surface area contributed by atoms with E-state index in [0.29, 0.717) is 28.3 Å². The number of hydrogen-bond acceptors (Lipinski definition) is 6. The lowest BCUT2D eigenvalue weighted by Crippen LogP contribution is -2.44. The van der Waals surface area contributed by atoms with Gasteiger partial charge in [-0.05, 0) is 31.7 Å². The number of H-pyrrole nitrogens is 1. The third kappa shape index (κ3) is 5.19. The van der Waals surface area contributed by atoms with Gasteiger partial charge >= 0.3 is 6.03 Å². The summed E-state index contributed by atoms with van der Waals surface area (Å²) in [6, 6.07) is 3.60. The van der Waals surface area contributed by atoms with Gasteiger partial charge in [0.25, 0.3) is 0 Å². The topological polar surface area (TPSA) is 137 Å². The monoisotopic (exact) mass is 450 g/mol. The minimum Gasteiger partial charge on any atom is -0.381 e. The number of pyridine rings is 1. The Morgan fingerprint density at radius 3 is 2.73 bits per heavy atom. The Hall–Kier alpha value is -3.74. The van der Waals surface area contributed by atoms with Crippen molar-refractivity contribution in [1.29, 1.82) is 5.26 Å². The number of nitrogen functional groups attached to an aromatic ring is 1. The molecule has 1 saturated carbocycles. The molecule has 10 heteroatoms. The smallest absolute Gasteiger partial charge is 0.317 e. The number of aromatic nitrogens is 4. The molecule has 5 rings (SSSR count). The molecule has 9 nitrogen and oxygen atoms in total. The molecule has 1 saturated heterocycles. The van der Waals surface area contributed by atoms with Gasteiger partial charge in [-0.25, -0.2) is 24.1 Å². The zero-order valence-electron chi connectivity index (χ0n) is 18.4. The number of nitrogens with two attached hydrogens (primary N) is 1. The third-order valence-corrected chi connectivity index (χ3v) is 6.06. The lowest BCUT2D eigenvalue weighted by atomic mass is 9.96. The highest BCUT2D eigenvalue weighted by Crippen LogP contribution is 2.29. The predicted molar refractivity (Wildman–Crippen MR) is 122 cm³/mol. The van der Waals surface area contributed by atoms with E-state index < -0.39 is 5.82 Å². The van der Waals surface area contributed by atoms with E-state index in [4.69, 9.17) is 11.0 Å². The van der Waals surface area contributed by atoms with E-state index in [2.05, 4.69) is 25.3 Å². The van der Waals surface area contributed by atoms with Gasteiger partial charge in [-0.15, -0.1) is 0 Å². The van der Waals surface area contributed by atoms with E-state index in [1.165, 1.54) is 51.3 Å². The first-order chi connectivity index (χ1) is 16.1. The molecule has 0 aromatic carbocycles. The number of amides is 2. The van der Waals surface area contributed by atoms with Crippen LogP contribution in [-0.4, -0.2) is 50.0 Å². The van der Waals surface area contributed by atoms with E-state index in [1.807, 2.05) is 11.0 Å². The molecular weight excluding hydrogens is 423 g/mol. The summed E-state index contributed by atoms with van der Waals surface area (Å²) in [4.78, 5) is 28.5. The molecule has 0 bridgehead atoms. The van der Waals surface area contributed by atoms with Gasteiger partial charge in [0.15, 0.2) is 11.6 Å². The highest BCUT2D eigenvalue weighted by atomic mass is 19.1. The van der Waals surface area contributed by atoms with Crippen molar-refractivity contribution < 1.29 is 9.18 Å². The minimum absolute atomic E-state index is 0.108. The van der Waals surface area contributed by atoms with Crippen LogP contribution in [0, 0.1) is 17.1 Å². The van der Waals surface area contributed by atoms with Crippen LogP contribution in [0.15, 0.2) is 24.8 Å². The fourth-order valence-electron chi connectivity index (χ4n) is 4.28. The van der Waals surface area contributed by atoms with Gasteiger partial charge in [0.05, 0.1) is 11.3 Å². The van der Waals surface area contributed by atoms with Gasteiger partial charge in [-0.3, -0.25) is 0 Å². The molecule has 2 amide bonds. The Balaban J connectivity index is 0.000000165. The van der Waals surface area contributed by atoms with Crippen LogP contribution in [0.5, 0.6) is 0 Å². The number of urea groups is 1. The van der Waals surface area contributed by atoms with E-state index in [9.17, 15) is 9.18 Å². The summed E-state index contributed by atoms with van der Waals surface area (Å²) >= 11 is 0. The van der Waals surface area contributed by atoms with Crippen LogP contribution in [0.1, 0.15) is 50.5 Å². The number of carbonyl (C=O) groups excluding carboxylic acids is 1. The Morgan fingerprint density at radius 1 is 1.24 bits per heavy atom. The maximum absolute atomic E-state index is 13.3. The third-order valence-electron chi connectivity index (χ3n) is 6.06. The quantitative estimate of drug-likeness (QED) is 0.544. The Kier molecular flexibility index (Phi) is 6.98. The van der Waals surface area contributed by atoms with Crippen LogP contribution in [0.2, 0.25) is 0 Å². The number of nitriles is 1. The maximum Gasteiger partial charge on any atom is 0.317 e. The summed E-state index contributed by atoms with van der Waals surface area (Å²) in [5, 5.41) is 12.9. The SMILES string of the molecule is N#Cc1cc(F)c(N)nc1-c1c[nH]c2ncncc12.O=C(NC1CCCCC1)N1CCCC1. The normalized spacial score (nSPS) is 16.2. The minimum atomic E-state index is -0.712. The molecule has 3 aromatic rings.